The lowest BCUT2D eigenvalue weighted by atomic mass is 9.58. The SMILES string of the molecule is COc1ccc(CN(C)CC2(NC=O)CC(c3ccccc3)(N(C)C)C2)cc1. The second-order valence-corrected chi connectivity index (χ2v) is 8.21. The van der Waals surface area contributed by atoms with E-state index in [1.54, 1.807) is 7.11 Å². The molecule has 0 atom stereocenters. The highest BCUT2D eigenvalue weighted by atomic mass is 16.5. The second kappa shape index (κ2) is 8.33. The van der Waals surface area contributed by atoms with Crippen LogP contribution in [0.5, 0.6) is 5.75 Å². The van der Waals surface area contributed by atoms with Crippen LogP contribution in [0.15, 0.2) is 54.6 Å². The van der Waals surface area contributed by atoms with Crippen LogP contribution >= 0.6 is 0 Å². The molecule has 0 bridgehead atoms. The standard InChI is InChI=1S/C23H31N3O2/c1-25(2)23(20-8-6-5-7-9-20)15-22(16-23,24-18-27)17-26(3)14-19-10-12-21(28-4)13-11-19/h5-13,18H,14-17H2,1-4H3,(H,24,27). The van der Waals surface area contributed by atoms with Crippen LogP contribution in [0.4, 0.5) is 0 Å². The Kier molecular flexibility index (Phi) is 6.06. The van der Waals surface area contributed by atoms with Gasteiger partial charge in [-0.05, 0) is 57.2 Å². The van der Waals surface area contributed by atoms with Gasteiger partial charge in [-0.3, -0.25) is 14.6 Å². The molecule has 28 heavy (non-hydrogen) atoms. The quantitative estimate of drug-likeness (QED) is 0.679. The predicted molar refractivity (Wildman–Crippen MR) is 112 cm³/mol. The maximum absolute atomic E-state index is 11.4. The summed E-state index contributed by atoms with van der Waals surface area (Å²) in [6.45, 7) is 1.63. The number of hydrogen-bond acceptors (Lipinski definition) is 4. The molecule has 0 saturated heterocycles. The van der Waals surface area contributed by atoms with Crippen LogP contribution in [0, 0.1) is 0 Å². The summed E-state index contributed by atoms with van der Waals surface area (Å²) in [5.41, 5.74) is 2.27. The zero-order valence-corrected chi connectivity index (χ0v) is 17.3. The lowest BCUT2D eigenvalue weighted by Gasteiger charge is -2.60. The molecule has 1 N–H and O–H groups in total. The van der Waals surface area contributed by atoms with Crippen molar-refractivity contribution in [3.63, 3.8) is 0 Å². The van der Waals surface area contributed by atoms with Crippen molar-refractivity contribution in [3.05, 3.63) is 65.7 Å². The molecule has 0 radical (unpaired) electrons. The summed E-state index contributed by atoms with van der Waals surface area (Å²) in [7, 11) is 8.03. The van der Waals surface area contributed by atoms with Crippen molar-refractivity contribution < 1.29 is 9.53 Å². The van der Waals surface area contributed by atoms with Gasteiger partial charge in [0.05, 0.1) is 12.6 Å². The molecule has 0 heterocycles. The number of benzene rings is 2. The van der Waals surface area contributed by atoms with Gasteiger partial charge in [0.15, 0.2) is 0 Å². The van der Waals surface area contributed by atoms with Gasteiger partial charge >= 0.3 is 0 Å². The number of amides is 1. The van der Waals surface area contributed by atoms with E-state index in [1.165, 1.54) is 11.1 Å². The number of ether oxygens (including phenoxy) is 1. The summed E-state index contributed by atoms with van der Waals surface area (Å²) in [6.07, 6.45) is 2.64. The van der Waals surface area contributed by atoms with Crippen LogP contribution in [0.2, 0.25) is 0 Å². The van der Waals surface area contributed by atoms with Gasteiger partial charge in [0.1, 0.15) is 5.75 Å². The van der Waals surface area contributed by atoms with E-state index in [0.717, 1.165) is 38.1 Å². The van der Waals surface area contributed by atoms with Crippen molar-refractivity contribution >= 4 is 6.41 Å². The fourth-order valence-corrected chi connectivity index (χ4v) is 4.59. The third kappa shape index (κ3) is 4.05. The van der Waals surface area contributed by atoms with E-state index in [9.17, 15) is 4.79 Å². The smallest absolute Gasteiger partial charge is 0.207 e. The molecule has 2 aromatic carbocycles. The van der Waals surface area contributed by atoms with E-state index in [0.29, 0.717) is 0 Å². The monoisotopic (exact) mass is 381 g/mol. The van der Waals surface area contributed by atoms with Gasteiger partial charge in [-0.15, -0.1) is 0 Å². The van der Waals surface area contributed by atoms with Crippen LogP contribution in [-0.4, -0.2) is 56.5 Å². The predicted octanol–water partition coefficient (Wildman–Crippen LogP) is 2.86. The number of hydrogen-bond donors (Lipinski definition) is 1. The van der Waals surface area contributed by atoms with Crippen molar-refractivity contribution in [2.24, 2.45) is 0 Å². The molecule has 150 valence electrons. The molecule has 5 heteroatoms. The highest BCUT2D eigenvalue weighted by Crippen LogP contribution is 2.51. The summed E-state index contributed by atoms with van der Waals surface area (Å²) in [6, 6.07) is 18.7. The minimum atomic E-state index is -0.219. The van der Waals surface area contributed by atoms with Crippen LogP contribution in [-0.2, 0) is 16.9 Å². The molecule has 0 aromatic heterocycles. The molecule has 0 aliphatic heterocycles. The average molecular weight is 382 g/mol. The molecule has 5 nitrogen and oxygen atoms in total. The fraction of sp³-hybridized carbons (Fsp3) is 0.435. The lowest BCUT2D eigenvalue weighted by Crippen LogP contribution is -2.70. The Balaban J connectivity index is 1.72. The first-order chi connectivity index (χ1) is 13.4. The topological polar surface area (TPSA) is 44.8 Å². The first-order valence-electron chi connectivity index (χ1n) is 9.69. The summed E-state index contributed by atoms with van der Waals surface area (Å²) in [4.78, 5) is 16.0. The number of carbonyl (C=O) groups excluding carboxylic acids is 1. The minimum absolute atomic E-state index is 0.0434. The summed E-state index contributed by atoms with van der Waals surface area (Å²) in [5.74, 6) is 0.864. The van der Waals surface area contributed by atoms with Crippen LogP contribution in [0.3, 0.4) is 0 Å². The number of methoxy groups -OCH3 is 1. The third-order valence-electron chi connectivity index (χ3n) is 5.98. The molecule has 1 fully saturated rings. The molecular weight excluding hydrogens is 350 g/mol. The molecular formula is C23H31N3O2. The van der Waals surface area contributed by atoms with Crippen LogP contribution in [0.1, 0.15) is 24.0 Å². The van der Waals surface area contributed by atoms with Crippen LogP contribution < -0.4 is 10.1 Å². The van der Waals surface area contributed by atoms with Gasteiger partial charge in [-0.1, -0.05) is 42.5 Å². The zero-order chi connectivity index (χ0) is 20.2. The first kappa shape index (κ1) is 20.4. The van der Waals surface area contributed by atoms with E-state index in [1.807, 2.05) is 18.2 Å². The summed E-state index contributed by atoms with van der Waals surface area (Å²) < 4.78 is 5.23. The maximum Gasteiger partial charge on any atom is 0.207 e. The van der Waals surface area contributed by atoms with E-state index < -0.39 is 0 Å². The van der Waals surface area contributed by atoms with Crippen molar-refractivity contribution in [1.82, 2.24) is 15.1 Å². The minimum Gasteiger partial charge on any atom is -0.497 e. The van der Waals surface area contributed by atoms with E-state index >= 15 is 0 Å². The second-order valence-electron chi connectivity index (χ2n) is 8.21. The average Bonchev–Trinajstić information content (AvgIpc) is 2.66. The van der Waals surface area contributed by atoms with Gasteiger partial charge in [-0.25, -0.2) is 0 Å². The van der Waals surface area contributed by atoms with E-state index in [4.69, 9.17) is 4.74 Å². The number of carbonyl (C=O) groups is 1. The Morgan fingerprint density at radius 2 is 1.68 bits per heavy atom. The molecule has 1 aliphatic rings. The van der Waals surface area contributed by atoms with E-state index in [2.05, 4.69) is 72.7 Å². The number of nitrogens with zero attached hydrogens (tertiary/aromatic N) is 2. The molecule has 1 saturated carbocycles. The number of likely N-dealkylation sites (N-methyl/N-ethyl adjacent to an activating group) is 1. The number of nitrogens with one attached hydrogen (secondary N) is 1. The maximum atomic E-state index is 11.4. The Morgan fingerprint density at radius 1 is 1.04 bits per heavy atom. The largest absolute Gasteiger partial charge is 0.497 e. The van der Waals surface area contributed by atoms with Gasteiger partial charge < -0.3 is 10.1 Å². The molecule has 1 amide bonds. The van der Waals surface area contributed by atoms with Crippen molar-refractivity contribution in [2.75, 3.05) is 34.8 Å². The molecule has 3 rings (SSSR count). The highest BCUT2D eigenvalue weighted by molar-refractivity contribution is 5.50. The molecule has 0 spiro atoms. The highest BCUT2D eigenvalue weighted by Gasteiger charge is 2.56. The summed E-state index contributed by atoms with van der Waals surface area (Å²) >= 11 is 0. The Labute approximate surface area is 168 Å². The first-order valence-corrected chi connectivity index (χ1v) is 9.69. The fourth-order valence-electron chi connectivity index (χ4n) is 4.59. The van der Waals surface area contributed by atoms with Gasteiger partial charge in [0.25, 0.3) is 0 Å². The van der Waals surface area contributed by atoms with E-state index in [-0.39, 0.29) is 11.1 Å². The molecule has 2 aromatic rings. The van der Waals surface area contributed by atoms with Crippen molar-refractivity contribution in [2.45, 2.75) is 30.5 Å². The Hall–Kier alpha value is -2.37. The third-order valence-corrected chi connectivity index (χ3v) is 5.98. The Bertz CT molecular complexity index is 768. The normalized spacial score (nSPS) is 24.1. The Morgan fingerprint density at radius 3 is 2.21 bits per heavy atom. The molecule has 1 aliphatic carbocycles. The van der Waals surface area contributed by atoms with Gasteiger partial charge in [0.2, 0.25) is 6.41 Å². The van der Waals surface area contributed by atoms with Gasteiger partial charge in [0, 0.05) is 18.6 Å². The number of rotatable bonds is 9. The van der Waals surface area contributed by atoms with Gasteiger partial charge in [-0.2, -0.15) is 0 Å². The van der Waals surface area contributed by atoms with Crippen molar-refractivity contribution in [1.29, 1.82) is 0 Å². The lowest BCUT2D eigenvalue weighted by molar-refractivity contribution is -0.117. The summed E-state index contributed by atoms with van der Waals surface area (Å²) in [5, 5.41) is 3.14. The van der Waals surface area contributed by atoms with Crippen LogP contribution in [0.25, 0.3) is 0 Å². The van der Waals surface area contributed by atoms with Crippen molar-refractivity contribution in [3.8, 4) is 5.75 Å². The molecule has 0 unspecified atom stereocenters. The zero-order valence-electron chi connectivity index (χ0n) is 17.3.